The number of rotatable bonds is 10. The summed E-state index contributed by atoms with van der Waals surface area (Å²) in [7, 11) is 0. The summed E-state index contributed by atoms with van der Waals surface area (Å²) in [6, 6.07) is 0. The summed E-state index contributed by atoms with van der Waals surface area (Å²) >= 11 is 0. The van der Waals surface area contributed by atoms with Crippen LogP contribution in [0.2, 0.25) is 0 Å². The standard InChI is InChI=1S/C20H36O5/c1-15(11-13-21)6-5-7-16(14-22)8-9-17(23)20(4)12-10-18(25-20)19(2,3)24/h7,11,17-18,21-24H,5-6,8-10,12-14H2,1-4H3/b15-11-,16-7-/t17-,18+,20+/m0/s1. The lowest BCUT2D eigenvalue weighted by molar-refractivity contribution is -0.153. The molecule has 1 rings (SSSR count). The zero-order chi connectivity index (χ0) is 19.1. The predicted molar refractivity (Wildman–Crippen MR) is 99.3 cm³/mol. The number of hydrogen-bond acceptors (Lipinski definition) is 5. The van der Waals surface area contributed by atoms with E-state index in [0.29, 0.717) is 19.3 Å². The largest absolute Gasteiger partial charge is 0.392 e. The second kappa shape index (κ2) is 9.83. The molecule has 0 saturated carbocycles. The Balaban J connectivity index is 2.50. The maximum atomic E-state index is 10.6. The van der Waals surface area contributed by atoms with Gasteiger partial charge >= 0.3 is 0 Å². The molecular formula is C20H36O5. The van der Waals surface area contributed by atoms with Crippen LogP contribution in [-0.2, 0) is 4.74 Å². The minimum atomic E-state index is -0.909. The first-order chi connectivity index (χ1) is 11.6. The number of hydrogen-bond donors (Lipinski definition) is 4. The normalized spacial score (nSPS) is 27.0. The van der Waals surface area contributed by atoms with Crippen molar-refractivity contribution >= 4 is 0 Å². The summed E-state index contributed by atoms with van der Waals surface area (Å²) in [6.07, 6.45) is 7.14. The van der Waals surface area contributed by atoms with Gasteiger partial charge < -0.3 is 25.2 Å². The predicted octanol–water partition coefficient (Wildman–Crippen LogP) is 2.47. The Bertz CT molecular complexity index is 463. The molecule has 0 aromatic rings. The molecule has 0 aliphatic carbocycles. The van der Waals surface area contributed by atoms with Gasteiger partial charge in [-0.05, 0) is 71.8 Å². The molecule has 3 atom stereocenters. The molecule has 1 aliphatic rings. The van der Waals surface area contributed by atoms with Gasteiger partial charge in [-0.25, -0.2) is 0 Å². The Morgan fingerprint density at radius 3 is 2.48 bits per heavy atom. The molecule has 0 aromatic carbocycles. The lowest BCUT2D eigenvalue weighted by Crippen LogP contribution is -2.43. The Morgan fingerprint density at radius 2 is 1.96 bits per heavy atom. The lowest BCUT2D eigenvalue weighted by Gasteiger charge is -2.33. The number of ether oxygens (including phenoxy) is 1. The van der Waals surface area contributed by atoms with Crippen molar-refractivity contribution in [3.8, 4) is 0 Å². The monoisotopic (exact) mass is 356 g/mol. The van der Waals surface area contributed by atoms with Crippen LogP contribution in [0.5, 0.6) is 0 Å². The first kappa shape index (κ1) is 22.3. The summed E-state index contributed by atoms with van der Waals surface area (Å²) in [6.45, 7) is 7.38. The Labute approximate surface area is 152 Å². The van der Waals surface area contributed by atoms with Crippen molar-refractivity contribution in [3.63, 3.8) is 0 Å². The van der Waals surface area contributed by atoms with Gasteiger partial charge in [0.15, 0.2) is 0 Å². The smallest absolute Gasteiger partial charge is 0.0918 e. The van der Waals surface area contributed by atoms with Gasteiger partial charge in [-0.1, -0.05) is 17.7 Å². The first-order valence-electron chi connectivity index (χ1n) is 9.26. The van der Waals surface area contributed by atoms with E-state index >= 15 is 0 Å². The zero-order valence-electron chi connectivity index (χ0n) is 16.2. The molecule has 0 amide bonds. The van der Waals surface area contributed by atoms with Crippen LogP contribution in [0.4, 0.5) is 0 Å². The highest BCUT2D eigenvalue weighted by atomic mass is 16.5. The molecule has 1 heterocycles. The highest BCUT2D eigenvalue weighted by molar-refractivity contribution is 5.07. The van der Waals surface area contributed by atoms with E-state index in [-0.39, 0.29) is 19.3 Å². The number of aliphatic hydroxyl groups is 4. The topological polar surface area (TPSA) is 90.2 Å². The van der Waals surface area contributed by atoms with E-state index < -0.39 is 17.3 Å². The molecule has 1 fully saturated rings. The van der Waals surface area contributed by atoms with Gasteiger partial charge in [-0.3, -0.25) is 0 Å². The fourth-order valence-corrected chi connectivity index (χ4v) is 3.24. The highest BCUT2D eigenvalue weighted by Crippen LogP contribution is 2.38. The van der Waals surface area contributed by atoms with Crippen molar-refractivity contribution in [2.75, 3.05) is 13.2 Å². The average Bonchev–Trinajstić information content (AvgIpc) is 2.94. The third-order valence-electron chi connectivity index (χ3n) is 5.16. The molecule has 0 radical (unpaired) electrons. The third kappa shape index (κ3) is 7.19. The minimum absolute atomic E-state index is 0.0145. The maximum Gasteiger partial charge on any atom is 0.0918 e. The van der Waals surface area contributed by atoms with E-state index in [9.17, 15) is 15.3 Å². The van der Waals surface area contributed by atoms with Crippen molar-refractivity contribution in [1.82, 2.24) is 0 Å². The van der Waals surface area contributed by atoms with E-state index in [1.165, 1.54) is 0 Å². The summed E-state index contributed by atoms with van der Waals surface area (Å²) in [5.41, 5.74) is 0.483. The zero-order valence-corrected chi connectivity index (χ0v) is 16.2. The van der Waals surface area contributed by atoms with Crippen molar-refractivity contribution < 1.29 is 25.2 Å². The summed E-state index contributed by atoms with van der Waals surface area (Å²) < 4.78 is 5.97. The van der Waals surface area contributed by atoms with Crippen LogP contribution in [-0.4, -0.2) is 57.0 Å². The second-order valence-corrected chi connectivity index (χ2v) is 7.96. The molecule has 0 spiro atoms. The molecule has 25 heavy (non-hydrogen) atoms. The van der Waals surface area contributed by atoms with Gasteiger partial charge in [0.05, 0.1) is 36.6 Å². The molecule has 0 aromatic heterocycles. The van der Waals surface area contributed by atoms with Crippen molar-refractivity contribution in [2.45, 2.75) is 89.6 Å². The number of allylic oxidation sites excluding steroid dienone is 2. The van der Waals surface area contributed by atoms with Crippen LogP contribution in [0.25, 0.3) is 0 Å². The molecule has 5 heteroatoms. The first-order valence-corrected chi connectivity index (χ1v) is 9.26. The van der Waals surface area contributed by atoms with E-state index in [1.807, 2.05) is 19.9 Å². The van der Waals surface area contributed by atoms with Crippen LogP contribution < -0.4 is 0 Å². The van der Waals surface area contributed by atoms with Gasteiger partial charge in [0.2, 0.25) is 0 Å². The quantitative estimate of drug-likeness (QED) is 0.452. The van der Waals surface area contributed by atoms with Crippen LogP contribution in [0.15, 0.2) is 23.3 Å². The van der Waals surface area contributed by atoms with Gasteiger partial charge in [0.25, 0.3) is 0 Å². The Hall–Kier alpha value is -0.720. The molecule has 0 bridgehead atoms. The van der Waals surface area contributed by atoms with Crippen LogP contribution in [0.1, 0.15) is 66.2 Å². The summed E-state index contributed by atoms with van der Waals surface area (Å²) in [4.78, 5) is 0. The Morgan fingerprint density at radius 1 is 1.28 bits per heavy atom. The van der Waals surface area contributed by atoms with Crippen molar-refractivity contribution in [2.24, 2.45) is 0 Å². The van der Waals surface area contributed by atoms with Crippen LogP contribution in [0, 0.1) is 0 Å². The van der Waals surface area contributed by atoms with Gasteiger partial charge in [-0.2, -0.15) is 0 Å². The van der Waals surface area contributed by atoms with E-state index in [2.05, 4.69) is 0 Å². The fraction of sp³-hybridized carbons (Fsp3) is 0.800. The number of aliphatic hydroxyl groups excluding tert-OH is 3. The molecule has 4 N–H and O–H groups in total. The molecule has 5 nitrogen and oxygen atoms in total. The molecule has 1 aliphatic heterocycles. The fourth-order valence-electron chi connectivity index (χ4n) is 3.24. The van der Waals surface area contributed by atoms with Gasteiger partial charge in [0.1, 0.15) is 0 Å². The third-order valence-corrected chi connectivity index (χ3v) is 5.16. The van der Waals surface area contributed by atoms with Crippen LogP contribution >= 0.6 is 0 Å². The SMILES string of the molecule is C/C(=C/CO)CC/C=C(\CO)CC[C@H](O)[C@@]1(C)CC[C@H](C(C)(C)O)O1. The molecule has 0 unspecified atom stereocenters. The average molecular weight is 357 g/mol. The van der Waals surface area contributed by atoms with Gasteiger partial charge in [0, 0.05) is 0 Å². The minimum Gasteiger partial charge on any atom is -0.392 e. The van der Waals surface area contributed by atoms with E-state index in [4.69, 9.17) is 9.84 Å². The van der Waals surface area contributed by atoms with Crippen molar-refractivity contribution in [1.29, 1.82) is 0 Å². The summed E-state index contributed by atoms with van der Waals surface area (Å²) in [5, 5.41) is 39.0. The van der Waals surface area contributed by atoms with E-state index in [1.54, 1.807) is 19.9 Å². The second-order valence-electron chi connectivity index (χ2n) is 7.96. The van der Waals surface area contributed by atoms with Gasteiger partial charge in [-0.15, -0.1) is 0 Å². The molecule has 1 saturated heterocycles. The van der Waals surface area contributed by atoms with Crippen LogP contribution in [0.3, 0.4) is 0 Å². The molecule has 146 valence electrons. The summed E-state index contributed by atoms with van der Waals surface area (Å²) in [5.74, 6) is 0. The van der Waals surface area contributed by atoms with Crippen molar-refractivity contribution in [3.05, 3.63) is 23.3 Å². The maximum absolute atomic E-state index is 10.6. The highest BCUT2D eigenvalue weighted by Gasteiger charge is 2.46. The lowest BCUT2D eigenvalue weighted by atomic mass is 9.90. The molecular weight excluding hydrogens is 320 g/mol. The Kier molecular flexibility index (Phi) is 8.78. The van der Waals surface area contributed by atoms with E-state index in [0.717, 1.165) is 30.4 Å².